The van der Waals surface area contributed by atoms with Crippen LogP contribution in [0.25, 0.3) is 0 Å². The predicted octanol–water partition coefficient (Wildman–Crippen LogP) is 1.56. The third-order valence-electron chi connectivity index (χ3n) is 3.30. The van der Waals surface area contributed by atoms with E-state index in [0.29, 0.717) is 12.6 Å². The van der Waals surface area contributed by atoms with Crippen molar-refractivity contribution in [2.45, 2.75) is 13.0 Å². The van der Waals surface area contributed by atoms with Crippen molar-refractivity contribution < 1.29 is 4.79 Å². The van der Waals surface area contributed by atoms with Gasteiger partial charge in [-0.15, -0.1) is 0 Å². The number of benzene rings is 1. The number of piperazine rings is 1. The van der Waals surface area contributed by atoms with E-state index in [1.165, 1.54) is 5.56 Å². The molecule has 1 aromatic rings. The van der Waals surface area contributed by atoms with Crippen LogP contribution in [0, 0.1) is 0 Å². The van der Waals surface area contributed by atoms with Crippen molar-refractivity contribution in [3.05, 3.63) is 35.9 Å². The average Bonchev–Trinajstić information content (AvgIpc) is 2.32. The molecular weight excluding hydrogens is 212 g/mol. The number of nitrogens with zero attached hydrogens (tertiary/aromatic N) is 2. The molecule has 1 aliphatic rings. The zero-order chi connectivity index (χ0) is 12.3. The van der Waals surface area contributed by atoms with Crippen molar-refractivity contribution in [3.8, 4) is 0 Å². The summed E-state index contributed by atoms with van der Waals surface area (Å²) in [6, 6.07) is 10.8. The fraction of sp³-hybridized carbons (Fsp3) is 0.500. The molecule has 0 aliphatic carbocycles. The summed E-state index contributed by atoms with van der Waals surface area (Å²) in [6.45, 7) is 5.23. The molecule has 1 saturated heterocycles. The second kappa shape index (κ2) is 5.43. The summed E-state index contributed by atoms with van der Waals surface area (Å²) in [4.78, 5) is 15.9. The van der Waals surface area contributed by atoms with E-state index >= 15 is 0 Å². The highest BCUT2D eigenvalue weighted by Gasteiger charge is 2.26. The maximum absolute atomic E-state index is 11.3. The quantitative estimate of drug-likeness (QED) is 0.790. The van der Waals surface area contributed by atoms with Crippen LogP contribution in [0.3, 0.4) is 0 Å². The Balaban J connectivity index is 2.17. The first-order valence-corrected chi connectivity index (χ1v) is 6.14. The van der Waals surface area contributed by atoms with E-state index in [1.54, 1.807) is 6.92 Å². The molecule has 1 aromatic carbocycles. The first kappa shape index (κ1) is 12.3. The van der Waals surface area contributed by atoms with Gasteiger partial charge in [-0.1, -0.05) is 30.3 Å². The summed E-state index contributed by atoms with van der Waals surface area (Å²) in [6.07, 6.45) is 0. The Labute approximate surface area is 103 Å². The molecule has 0 saturated carbocycles. The van der Waals surface area contributed by atoms with E-state index in [1.807, 2.05) is 6.07 Å². The SMILES string of the molecule is CC(=O)CN1CCN(C)CC1c1ccccc1. The molecular formula is C14H20N2O. The maximum atomic E-state index is 11.3. The Morgan fingerprint density at radius 1 is 1.29 bits per heavy atom. The van der Waals surface area contributed by atoms with Crippen molar-refractivity contribution in [2.24, 2.45) is 0 Å². The highest BCUT2D eigenvalue weighted by molar-refractivity contribution is 5.77. The Bertz CT molecular complexity index is 377. The van der Waals surface area contributed by atoms with E-state index in [9.17, 15) is 4.79 Å². The summed E-state index contributed by atoms with van der Waals surface area (Å²) < 4.78 is 0. The molecule has 2 rings (SSSR count). The second-order valence-electron chi connectivity index (χ2n) is 4.86. The Morgan fingerprint density at radius 3 is 2.65 bits per heavy atom. The van der Waals surface area contributed by atoms with Crippen LogP contribution in [-0.2, 0) is 4.79 Å². The molecule has 1 aliphatic heterocycles. The van der Waals surface area contributed by atoms with Crippen molar-refractivity contribution in [1.82, 2.24) is 9.80 Å². The summed E-state index contributed by atoms with van der Waals surface area (Å²) >= 11 is 0. The number of carbonyl (C=O) groups excluding carboxylic acids is 1. The molecule has 3 heteroatoms. The number of likely N-dealkylation sites (N-methyl/N-ethyl adjacent to an activating group) is 1. The summed E-state index contributed by atoms with van der Waals surface area (Å²) in [5, 5.41) is 0. The van der Waals surface area contributed by atoms with E-state index in [4.69, 9.17) is 0 Å². The predicted molar refractivity (Wildman–Crippen MR) is 68.9 cm³/mol. The summed E-state index contributed by atoms with van der Waals surface area (Å²) in [5.74, 6) is 0.246. The minimum absolute atomic E-state index is 0.246. The third kappa shape index (κ3) is 3.14. The first-order valence-electron chi connectivity index (χ1n) is 6.14. The zero-order valence-electron chi connectivity index (χ0n) is 10.6. The van der Waals surface area contributed by atoms with Gasteiger partial charge in [0.25, 0.3) is 0 Å². The van der Waals surface area contributed by atoms with Gasteiger partial charge in [-0.05, 0) is 19.5 Å². The van der Waals surface area contributed by atoms with Crippen molar-refractivity contribution >= 4 is 5.78 Å². The molecule has 1 unspecified atom stereocenters. The van der Waals surface area contributed by atoms with Crippen LogP contribution in [0.4, 0.5) is 0 Å². The number of carbonyl (C=O) groups is 1. The number of rotatable bonds is 3. The van der Waals surface area contributed by atoms with Crippen molar-refractivity contribution in [1.29, 1.82) is 0 Å². The highest BCUT2D eigenvalue weighted by atomic mass is 16.1. The molecule has 1 fully saturated rings. The topological polar surface area (TPSA) is 23.6 Å². The van der Waals surface area contributed by atoms with Gasteiger partial charge < -0.3 is 4.90 Å². The van der Waals surface area contributed by atoms with Gasteiger partial charge >= 0.3 is 0 Å². The number of Topliss-reactive ketones (excluding diaryl/α,β-unsaturated/α-hetero) is 1. The molecule has 0 radical (unpaired) electrons. The van der Waals surface area contributed by atoms with Crippen molar-refractivity contribution in [2.75, 3.05) is 33.2 Å². The van der Waals surface area contributed by atoms with E-state index in [0.717, 1.165) is 19.6 Å². The van der Waals surface area contributed by atoms with Gasteiger partial charge in [0.05, 0.1) is 6.54 Å². The number of hydrogen-bond acceptors (Lipinski definition) is 3. The minimum atomic E-state index is 0.246. The van der Waals surface area contributed by atoms with E-state index in [2.05, 4.69) is 41.1 Å². The van der Waals surface area contributed by atoms with E-state index < -0.39 is 0 Å². The van der Waals surface area contributed by atoms with Crippen LogP contribution in [-0.4, -0.2) is 48.8 Å². The average molecular weight is 232 g/mol. The molecule has 17 heavy (non-hydrogen) atoms. The fourth-order valence-electron chi connectivity index (χ4n) is 2.42. The van der Waals surface area contributed by atoms with Crippen LogP contribution in [0.2, 0.25) is 0 Å². The van der Waals surface area contributed by atoms with Crippen LogP contribution in [0.5, 0.6) is 0 Å². The van der Waals surface area contributed by atoms with Gasteiger partial charge in [-0.2, -0.15) is 0 Å². The van der Waals surface area contributed by atoms with Gasteiger partial charge in [-0.3, -0.25) is 9.69 Å². The van der Waals surface area contributed by atoms with Gasteiger partial charge in [0.2, 0.25) is 0 Å². The Morgan fingerprint density at radius 2 is 2.00 bits per heavy atom. The highest BCUT2D eigenvalue weighted by Crippen LogP contribution is 2.24. The fourth-order valence-corrected chi connectivity index (χ4v) is 2.42. The second-order valence-corrected chi connectivity index (χ2v) is 4.86. The van der Waals surface area contributed by atoms with Crippen molar-refractivity contribution in [3.63, 3.8) is 0 Å². The third-order valence-corrected chi connectivity index (χ3v) is 3.30. The van der Waals surface area contributed by atoms with Gasteiger partial charge in [0.1, 0.15) is 5.78 Å². The standard InChI is InChI=1S/C14H20N2O/c1-12(17)10-16-9-8-15(2)11-14(16)13-6-4-3-5-7-13/h3-7,14H,8-11H2,1-2H3. The van der Waals surface area contributed by atoms with Crippen LogP contribution >= 0.6 is 0 Å². The number of hydrogen-bond donors (Lipinski definition) is 0. The molecule has 0 aromatic heterocycles. The van der Waals surface area contributed by atoms with Crippen LogP contribution in [0.15, 0.2) is 30.3 Å². The molecule has 92 valence electrons. The Kier molecular flexibility index (Phi) is 3.92. The van der Waals surface area contributed by atoms with Crippen LogP contribution < -0.4 is 0 Å². The normalized spacial score (nSPS) is 22.6. The molecule has 1 heterocycles. The van der Waals surface area contributed by atoms with Gasteiger partial charge in [0.15, 0.2) is 0 Å². The largest absolute Gasteiger partial charge is 0.303 e. The minimum Gasteiger partial charge on any atom is -0.303 e. The lowest BCUT2D eigenvalue weighted by Gasteiger charge is -2.39. The Hall–Kier alpha value is -1.19. The lowest BCUT2D eigenvalue weighted by Crippen LogP contribution is -2.48. The lowest BCUT2D eigenvalue weighted by molar-refractivity contribution is -0.119. The maximum Gasteiger partial charge on any atom is 0.143 e. The van der Waals surface area contributed by atoms with Gasteiger partial charge in [0, 0.05) is 25.7 Å². The molecule has 0 amide bonds. The molecule has 1 atom stereocenters. The first-order chi connectivity index (χ1) is 8.16. The van der Waals surface area contributed by atoms with E-state index in [-0.39, 0.29) is 5.78 Å². The van der Waals surface area contributed by atoms with Gasteiger partial charge in [-0.25, -0.2) is 0 Å². The molecule has 0 N–H and O–H groups in total. The lowest BCUT2D eigenvalue weighted by atomic mass is 10.0. The zero-order valence-corrected chi connectivity index (χ0v) is 10.6. The molecule has 0 spiro atoms. The summed E-state index contributed by atoms with van der Waals surface area (Å²) in [7, 11) is 2.14. The molecule has 3 nitrogen and oxygen atoms in total. The monoisotopic (exact) mass is 232 g/mol. The molecule has 0 bridgehead atoms. The number of ketones is 1. The van der Waals surface area contributed by atoms with Crippen LogP contribution in [0.1, 0.15) is 18.5 Å². The summed E-state index contributed by atoms with van der Waals surface area (Å²) in [5.41, 5.74) is 1.31. The smallest absolute Gasteiger partial charge is 0.143 e.